The minimum Gasteiger partial charge on any atom is -0.398 e. The molecule has 0 aliphatic carbocycles. The van der Waals surface area contributed by atoms with Gasteiger partial charge in [-0.1, -0.05) is 0 Å². The topological polar surface area (TPSA) is 66.9 Å². The predicted octanol–water partition coefficient (Wildman–Crippen LogP) is 2.11. The zero-order chi connectivity index (χ0) is 10.0. The number of nitrogens with two attached hydrogens (primary N) is 1. The number of ketones is 1. The summed E-state index contributed by atoms with van der Waals surface area (Å²) < 4.78 is 0.609. The summed E-state index contributed by atoms with van der Waals surface area (Å²) in [4.78, 5) is 11.0. The van der Waals surface area contributed by atoms with E-state index in [-0.39, 0.29) is 5.78 Å². The Kier molecular flexibility index (Phi) is 2.69. The third-order valence-corrected chi connectivity index (χ3v) is 2.30. The summed E-state index contributed by atoms with van der Waals surface area (Å²) in [5.41, 5.74) is 6.78. The van der Waals surface area contributed by atoms with Crippen molar-refractivity contribution < 1.29 is 4.79 Å². The third kappa shape index (κ3) is 1.87. The lowest BCUT2D eigenvalue weighted by atomic mass is 10.1. The highest BCUT2D eigenvalue weighted by atomic mass is 79.9. The Morgan fingerprint density at radius 3 is 2.69 bits per heavy atom. The maximum atomic E-state index is 11.0. The summed E-state index contributed by atoms with van der Waals surface area (Å²) in [5.74, 6) is -0.137. The van der Waals surface area contributed by atoms with E-state index < -0.39 is 0 Å². The SMILES string of the molecule is CC(=O)c1cc(C#N)c(Br)cc1N. The maximum Gasteiger partial charge on any atom is 0.161 e. The van der Waals surface area contributed by atoms with E-state index in [1.54, 1.807) is 6.07 Å². The second-order valence-corrected chi connectivity index (χ2v) is 3.44. The molecule has 3 nitrogen and oxygen atoms in total. The van der Waals surface area contributed by atoms with Gasteiger partial charge in [-0.3, -0.25) is 4.79 Å². The van der Waals surface area contributed by atoms with Crippen molar-refractivity contribution in [2.75, 3.05) is 5.73 Å². The Labute approximate surface area is 84.3 Å². The van der Waals surface area contributed by atoms with E-state index in [4.69, 9.17) is 11.0 Å². The van der Waals surface area contributed by atoms with Gasteiger partial charge in [-0.15, -0.1) is 0 Å². The first-order valence-corrected chi connectivity index (χ1v) is 4.35. The summed E-state index contributed by atoms with van der Waals surface area (Å²) in [7, 11) is 0. The first-order chi connectivity index (χ1) is 6.06. The molecule has 0 saturated heterocycles. The van der Waals surface area contributed by atoms with Crippen LogP contribution in [0.4, 0.5) is 5.69 Å². The molecule has 4 heteroatoms. The number of Topliss-reactive ketones (excluding diaryl/α,β-unsaturated/α-hetero) is 1. The molecule has 0 heterocycles. The smallest absolute Gasteiger partial charge is 0.161 e. The summed E-state index contributed by atoms with van der Waals surface area (Å²) in [6.45, 7) is 1.42. The van der Waals surface area contributed by atoms with Gasteiger partial charge in [-0.05, 0) is 35.0 Å². The van der Waals surface area contributed by atoms with Gasteiger partial charge in [0.2, 0.25) is 0 Å². The fourth-order valence-corrected chi connectivity index (χ4v) is 1.43. The van der Waals surface area contributed by atoms with Crippen molar-refractivity contribution in [2.45, 2.75) is 6.92 Å². The van der Waals surface area contributed by atoms with Gasteiger partial charge < -0.3 is 5.73 Å². The van der Waals surface area contributed by atoms with Crippen LogP contribution in [0, 0.1) is 11.3 Å². The highest BCUT2D eigenvalue weighted by Gasteiger charge is 2.08. The van der Waals surface area contributed by atoms with E-state index in [1.165, 1.54) is 13.0 Å². The maximum absolute atomic E-state index is 11.0. The van der Waals surface area contributed by atoms with Crippen LogP contribution in [0.1, 0.15) is 22.8 Å². The van der Waals surface area contributed by atoms with E-state index in [0.29, 0.717) is 21.3 Å². The molecule has 13 heavy (non-hydrogen) atoms. The number of nitrogen functional groups attached to an aromatic ring is 1. The first kappa shape index (κ1) is 9.75. The number of nitriles is 1. The van der Waals surface area contributed by atoms with E-state index >= 15 is 0 Å². The average molecular weight is 239 g/mol. The number of carbonyl (C=O) groups excluding carboxylic acids is 1. The van der Waals surface area contributed by atoms with Crippen molar-refractivity contribution in [1.82, 2.24) is 0 Å². The lowest BCUT2D eigenvalue weighted by Gasteiger charge is -2.03. The molecule has 66 valence electrons. The first-order valence-electron chi connectivity index (χ1n) is 3.56. The van der Waals surface area contributed by atoms with Crippen LogP contribution in [-0.4, -0.2) is 5.78 Å². The fourth-order valence-electron chi connectivity index (χ4n) is 0.979. The standard InChI is InChI=1S/C9H7BrN2O/c1-5(13)7-2-6(4-11)8(10)3-9(7)12/h2-3H,12H2,1H3. The number of halogens is 1. The van der Waals surface area contributed by atoms with E-state index in [9.17, 15) is 4.79 Å². The molecule has 0 amide bonds. The van der Waals surface area contributed by atoms with Crippen LogP contribution in [0.25, 0.3) is 0 Å². The molecule has 1 aromatic carbocycles. The highest BCUT2D eigenvalue weighted by Crippen LogP contribution is 2.23. The van der Waals surface area contributed by atoms with Gasteiger partial charge in [0.25, 0.3) is 0 Å². The van der Waals surface area contributed by atoms with E-state index in [1.807, 2.05) is 6.07 Å². The molecule has 0 aliphatic heterocycles. The van der Waals surface area contributed by atoms with Crippen LogP contribution >= 0.6 is 15.9 Å². The number of hydrogen-bond donors (Lipinski definition) is 1. The molecule has 2 N–H and O–H groups in total. The molecule has 0 atom stereocenters. The molecule has 0 saturated carbocycles. The lowest BCUT2D eigenvalue weighted by Crippen LogP contribution is -2.00. The monoisotopic (exact) mass is 238 g/mol. The molecular formula is C9H7BrN2O. The number of benzene rings is 1. The molecule has 1 aromatic rings. The van der Waals surface area contributed by atoms with Gasteiger partial charge >= 0.3 is 0 Å². The van der Waals surface area contributed by atoms with Crippen LogP contribution in [0.2, 0.25) is 0 Å². The van der Waals surface area contributed by atoms with Crippen molar-refractivity contribution in [3.8, 4) is 6.07 Å². The van der Waals surface area contributed by atoms with Crippen LogP contribution in [-0.2, 0) is 0 Å². The summed E-state index contributed by atoms with van der Waals surface area (Å²) in [6, 6.07) is 5.02. The molecule has 0 fully saturated rings. The largest absolute Gasteiger partial charge is 0.398 e. The van der Waals surface area contributed by atoms with Crippen molar-refractivity contribution >= 4 is 27.4 Å². The quantitative estimate of drug-likeness (QED) is 0.602. The second-order valence-electron chi connectivity index (χ2n) is 2.59. The van der Waals surface area contributed by atoms with E-state index in [2.05, 4.69) is 15.9 Å². The number of rotatable bonds is 1. The molecule has 0 spiro atoms. The molecule has 0 bridgehead atoms. The Bertz CT molecular complexity index is 407. The van der Waals surface area contributed by atoms with Crippen molar-refractivity contribution in [1.29, 1.82) is 5.26 Å². The second kappa shape index (κ2) is 3.58. The van der Waals surface area contributed by atoms with Crippen molar-refractivity contribution in [3.63, 3.8) is 0 Å². The number of hydrogen-bond acceptors (Lipinski definition) is 3. The Morgan fingerprint density at radius 2 is 2.23 bits per heavy atom. The zero-order valence-electron chi connectivity index (χ0n) is 6.97. The van der Waals surface area contributed by atoms with Crippen LogP contribution in [0.5, 0.6) is 0 Å². The Morgan fingerprint density at radius 1 is 1.62 bits per heavy atom. The summed E-state index contributed by atoms with van der Waals surface area (Å²) in [5, 5.41) is 8.68. The van der Waals surface area contributed by atoms with Gasteiger partial charge in [0.05, 0.1) is 5.56 Å². The normalized spacial score (nSPS) is 9.31. The number of anilines is 1. The van der Waals surface area contributed by atoms with Gasteiger partial charge in [0.1, 0.15) is 6.07 Å². The molecular weight excluding hydrogens is 232 g/mol. The van der Waals surface area contributed by atoms with Gasteiger partial charge in [0, 0.05) is 15.7 Å². The highest BCUT2D eigenvalue weighted by molar-refractivity contribution is 9.10. The van der Waals surface area contributed by atoms with Crippen molar-refractivity contribution in [3.05, 3.63) is 27.7 Å². The molecule has 0 aliphatic rings. The summed E-state index contributed by atoms with van der Waals surface area (Å²) in [6.07, 6.45) is 0. The van der Waals surface area contributed by atoms with Crippen LogP contribution in [0.3, 0.4) is 0 Å². The predicted molar refractivity (Wildman–Crippen MR) is 53.3 cm³/mol. The molecule has 1 rings (SSSR count). The third-order valence-electron chi connectivity index (χ3n) is 1.64. The van der Waals surface area contributed by atoms with Crippen LogP contribution in [0.15, 0.2) is 16.6 Å². The Hall–Kier alpha value is -1.34. The molecule has 0 radical (unpaired) electrons. The van der Waals surface area contributed by atoms with Gasteiger partial charge in [-0.25, -0.2) is 0 Å². The summed E-state index contributed by atoms with van der Waals surface area (Å²) >= 11 is 3.18. The Balaban J connectivity index is 3.41. The van der Waals surface area contributed by atoms with E-state index in [0.717, 1.165) is 0 Å². The average Bonchev–Trinajstić information content (AvgIpc) is 2.03. The van der Waals surface area contributed by atoms with Crippen LogP contribution < -0.4 is 5.73 Å². The minimum atomic E-state index is -0.137. The number of carbonyl (C=O) groups is 1. The molecule has 0 unspecified atom stereocenters. The van der Waals surface area contributed by atoms with Crippen molar-refractivity contribution in [2.24, 2.45) is 0 Å². The van der Waals surface area contributed by atoms with Gasteiger partial charge in [0.15, 0.2) is 5.78 Å². The van der Waals surface area contributed by atoms with Gasteiger partial charge in [-0.2, -0.15) is 5.26 Å². The molecule has 0 aromatic heterocycles. The lowest BCUT2D eigenvalue weighted by molar-refractivity contribution is 0.101. The fraction of sp³-hybridized carbons (Fsp3) is 0.111. The zero-order valence-corrected chi connectivity index (χ0v) is 8.55. The minimum absolute atomic E-state index is 0.137. The number of nitrogens with zero attached hydrogens (tertiary/aromatic N) is 1.